The van der Waals surface area contributed by atoms with Crippen molar-refractivity contribution in [2.45, 2.75) is 6.54 Å². The zero-order chi connectivity index (χ0) is 10.1. The summed E-state index contributed by atoms with van der Waals surface area (Å²) in [6, 6.07) is 8.45. The Morgan fingerprint density at radius 3 is 3.00 bits per heavy atom. The van der Waals surface area contributed by atoms with Crippen LogP contribution in [0, 0.1) is 0 Å². The Bertz CT molecular complexity index is 481. The average Bonchev–Trinajstić information content (AvgIpc) is 2.48. The molecule has 3 rings (SSSR count). The fraction of sp³-hybridized carbons (Fsp3) is 0.0769. The molecule has 1 aromatic carbocycles. The standard InChI is InChI=1S/C13H12N2/c1-2-5-11-9-15-12-6-3-7-14-13(12)8-10(11)4-1/h1-8,14-15H,9H2. The molecule has 0 aliphatic carbocycles. The van der Waals surface area contributed by atoms with Gasteiger partial charge in [-0.05, 0) is 29.4 Å². The van der Waals surface area contributed by atoms with Crippen LogP contribution in [0.25, 0.3) is 6.08 Å². The maximum Gasteiger partial charge on any atom is 0.0621 e. The largest absolute Gasteiger partial charge is 0.379 e. The lowest BCUT2D eigenvalue weighted by molar-refractivity contribution is 0.806. The highest BCUT2D eigenvalue weighted by molar-refractivity contribution is 5.63. The molecule has 1 aromatic rings. The summed E-state index contributed by atoms with van der Waals surface area (Å²) in [6.45, 7) is 0.886. The van der Waals surface area contributed by atoms with Gasteiger partial charge in [0.25, 0.3) is 0 Å². The molecule has 0 spiro atoms. The van der Waals surface area contributed by atoms with Crippen LogP contribution in [0.15, 0.2) is 54.0 Å². The molecule has 15 heavy (non-hydrogen) atoms. The van der Waals surface area contributed by atoms with Crippen LogP contribution < -0.4 is 10.6 Å². The summed E-state index contributed by atoms with van der Waals surface area (Å²) >= 11 is 0. The first-order valence-electron chi connectivity index (χ1n) is 5.11. The summed E-state index contributed by atoms with van der Waals surface area (Å²) in [4.78, 5) is 0. The van der Waals surface area contributed by atoms with Crippen molar-refractivity contribution in [3.63, 3.8) is 0 Å². The molecule has 0 saturated heterocycles. The van der Waals surface area contributed by atoms with Gasteiger partial charge in [-0.1, -0.05) is 24.3 Å². The Morgan fingerprint density at radius 1 is 1.07 bits per heavy atom. The summed E-state index contributed by atoms with van der Waals surface area (Å²) in [5.41, 5.74) is 4.92. The third kappa shape index (κ3) is 1.44. The SMILES string of the molecule is C1=CNC2=Cc3ccccc3CNC2=C1. The van der Waals surface area contributed by atoms with Crippen molar-refractivity contribution in [3.8, 4) is 0 Å². The highest BCUT2D eigenvalue weighted by atomic mass is 15.0. The molecule has 2 nitrogen and oxygen atoms in total. The number of rotatable bonds is 0. The number of benzene rings is 1. The van der Waals surface area contributed by atoms with E-state index >= 15 is 0 Å². The first-order chi connectivity index (χ1) is 7.43. The van der Waals surface area contributed by atoms with E-state index in [1.54, 1.807) is 0 Å². The summed E-state index contributed by atoms with van der Waals surface area (Å²) in [5, 5.41) is 6.67. The highest BCUT2D eigenvalue weighted by Crippen LogP contribution is 2.20. The Morgan fingerprint density at radius 2 is 2.00 bits per heavy atom. The maximum atomic E-state index is 3.42. The van der Waals surface area contributed by atoms with E-state index in [-0.39, 0.29) is 0 Å². The Kier molecular flexibility index (Phi) is 1.85. The van der Waals surface area contributed by atoms with E-state index in [0.29, 0.717) is 0 Å². The van der Waals surface area contributed by atoms with E-state index in [1.807, 2.05) is 12.3 Å². The van der Waals surface area contributed by atoms with Gasteiger partial charge < -0.3 is 10.6 Å². The molecule has 0 unspecified atom stereocenters. The van der Waals surface area contributed by atoms with E-state index < -0.39 is 0 Å². The van der Waals surface area contributed by atoms with Gasteiger partial charge in [-0.3, -0.25) is 0 Å². The first-order valence-corrected chi connectivity index (χ1v) is 5.11. The van der Waals surface area contributed by atoms with Gasteiger partial charge in [0.15, 0.2) is 0 Å². The molecule has 2 aliphatic heterocycles. The molecular formula is C13H12N2. The molecule has 0 amide bonds. The van der Waals surface area contributed by atoms with Gasteiger partial charge in [-0.2, -0.15) is 0 Å². The zero-order valence-corrected chi connectivity index (χ0v) is 8.33. The van der Waals surface area contributed by atoms with E-state index in [0.717, 1.165) is 17.9 Å². The van der Waals surface area contributed by atoms with Crippen LogP contribution in [0.5, 0.6) is 0 Å². The van der Waals surface area contributed by atoms with Gasteiger partial charge in [0.05, 0.1) is 11.4 Å². The van der Waals surface area contributed by atoms with Crippen LogP contribution in [0.3, 0.4) is 0 Å². The van der Waals surface area contributed by atoms with Crippen LogP contribution in [0.4, 0.5) is 0 Å². The van der Waals surface area contributed by atoms with E-state index in [2.05, 4.69) is 47.1 Å². The Labute approximate surface area is 89.0 Å². The minimum atomic E-state index is 0.886. The third-order valence-electron chi connectivity index (χ3n) is 2.71. The molecule has 74 valence electrons. The van der Waals surface area contributed by atoms with E-state index in [1.165, 1.54) is 11.1 Å². The second-order valence-corrected chi connectivity index (χ2v) is 3.69. The van der Waals surface area contributed by atoms with E-state index in [4.69, 9.17) is 0 Å². The lowest BCUT2D eigenvalue weighted by Crippen LogP contribution is -2.20. The number of hydrogen-bond donors (Lipinski definition) is 2. The fourth-order valence-electron chi connectivity index (χ4n) is 1.91. The van der Waals surface area contributed by atoms with Gasteiger partial charge in [0.1, 0.15) is 0 Å². The number of fused-ring (bicyclic) bond motifs is 2. The van der Waals surface area contributed by atoms with Crippen LogP contribution >= 0.6 is 0 Å². The lowest BCUT2D eigenvalue weighted by atomic mass is 10.1. The van der Waals surface area contributed by atoms with Crippen LogP contribution in [0.1, 0.15) is 11.1 Å². The number of allylic oxidation sites excluding steroid dienone is 2. The van der Waals surface area contributed by atoms with Gasteiger partial charge in [0.2, 0.25) is 0 Å². The quantitative estimate of drug-likeness (QED) is 0.664. The Hall–Kier alpha value is -1.96. The summed E-state index contributed by atoms with van der Waals surface area (Å²) < 4.78 is 0. The topological polar surface area (TPSA) is 24.1 Å². The molecule has 0 aromatic heterocycles. The molecule has 2 N–H and O–H groups in total. The number of dihydropyridines is 1. The van der Waals surface area contributed by atoms with Crippen molar-refractivity contribution in [3.05, 3.63) is 65.1 Å². The molecule has 2 aliphatic rings. The predicted molar refractivity (Wildman–Crippen MR) is 61.6 cm³/mol. The van der Waals surface area contributed by atoms with Crippen molar-refractivity contribution < 1.29 is 0 Å². The fourth-order valence-corrected chi connectivity index (χ4v) is 1.91. The molecule has 2 heteroatoms. The van der Waals surface area contributed by atoms with Crippen LogP contribution in [-0.4, -0.2) is 0 Å². The Balaban J connectivity index is 2.11. The third-order valence-corrected chi connectivity index (χ3v) is 2.71. The van der Waals surface area contributed by atoms with Crippen molar-refractivity contribution in [2.75, 3.05) is 0 Å². The number of hydrogen-bond acceptors (Lipinski definition) is 2. The summed E-state index contributed by atoms with van der Waals surface area (Å²) in [6.07, 6.45) is 8.24. The first kappa shape index (κ1) is 8.36. The monoisotopic (exact) mass is 196 g/mol. The van der Waals surface area contributed by atoms with Gasteiger partial charge in [-0.15, -0.1) is 0 Å². The van der Waals surface area contributed by atoms with Gasteiger partial charge in [-0.25, -0.2) is 0 Å². The molecule has 0 saturated carbocycles. The summed E-state index contributed by atoms with van der Waals surface area (Å²) in [7, 11) is 0. The number of nitrogens with one attached hydrogen (secondary N) is 2. The lowest BCUT2D eigenvalue weighted by Gasteiger charge is -2.14. The minimum absolute atomic E-state index is 0.886. The van der Waals surface area contributed by atoms with Crippen molar-refractivity contribution in [1.29, 1.82) is 0 Å². The average molecular weight is 196 g/mol. The van der Waals surface area contributed by atoms with Gasteiger partial charge >= 0.3 is 0 Å². The molecule has 0 radical (unpaired) electrons. The van der Waals surface area contributed by atoms with Crippen molar-refractivity contribution >= 4 is 6.08 Å². The highest BCUT2D eigenvalue weighted by Gasteiger charge is 2.11. The predicted octanol–water partition coefficient (Wildman–Crippen LogP) is 2.13. The summed E-state index contributed by atoms with van der Waals surface area (Å²) in [5.74, 6) is 0. The van der Waals surface area contributed by atoms with Crippen LogP contribution in [-0.2, 0) is 6.54 Å². The normalized spacial score (nSPS) is 17.3. The zero-order valence-electron chi connectivity index (χ0n) is 8.33. The molecule has 0 atom stereocenters. The maximum absolute atomic E-state index is 3.42. The molecule has 2 heterocycles. The molecule has 0 bridgehead atoms. The van der Waals surface area contributed by atoms with E-state index in [9.17, 15) is 0 Å². The van der Waals surface area contributed by atoms with Crippen molar-refractivity contribution in [2.24, 2.45) is 0 Å². The van der Waals surface area contributed by atoms with Gasteiger partial charge in [0, 0.05) is 12.7 Å². The molecular weight excluding hydrogens is 184 g/mol. The minimum Gasteiger partial charge on any atom is -0.379 e. The second kappa shape index (κ2) is 3.31. The second-order valence-electron chi connectivity index (χ2n) is 3.69. The smallest absolute Gasteiger partial charge is 0.0621 e. The van der Waals surface area contributed by atoms with Crippen LogP contribution in [0.2, 0.25) is 0 Å². The molecule has 0 fully saturated rings. The van der Waals surface area contributed by atoms with Crippen molar-refractivity contribution in [1.82, 2.24) is 10.6 Å².